The first-order chi connectivity index (χ1) is 38.5. The summed E-state index contributed by atoms with van der Waals surface area (Å²) in [6, 6.07) is 0. The summed E-state index contributed by atoms with van der Waals surface area (Å²) in [6.07, 6.45) is 96.2. The minimum Gasteiger partial charge on any atom is -0.462 e. The molecule has 0 aliphatic carbocycles. The van der Waals surface area contributed by atoms with E-state index < -0.39 is 6.10 Å². The van der Waals surface area contributed by atoms with Gasteiger partial charge in [-0.1, -0.05) is 248 Å². The van der Waals surface area contributed by atoms with Crippen LogP contribution in [-0.2, 0) is 28.6 Å². The highest BCUT2D eigenvalue weighted by atomic mass is 16.6. The summed E-state index contributed by atoms with van der Waals surface area (Å²) in [5, 5.41) is 0. The van der Waals surface area contributed by atoms with E-state index in [4.69, 9.17) is 14.2 Å². The molecule has 1 unspecified atom stereocenters. The standard InChI is InChI=1S/C72H110O6/c1-4-7-10-13-16-19-22-25-27-29-30-31-32-33-34-35-36-37-38-39-40-41-42-43-45-47-50-53-56-59-62-65-71(74)77-68-69(67-76-70(73)64-61-58-55-52-49-46-24-21-18-15-12-9-6-3)78-72(75)66-63-60-57-54-51-48-44-28-26-23-20-17-14-11-8-5-2/h7,9-10,12,16,18-21,23,25,27-28,30-31,33-34,36-37,39-40,42-44,46-47,49-50,55,58,69H,4-6,8,11,13-15,17,22,24,26,29,32,35,38,41,45,48,51-54,56-57,59-68H2,1-3H3/b10-7-,12-9-,19-16-,21-18-,23-20-,27-25-,31-30-,34-33-,37-36-,40-39-,43-42-,44-28-,49-46-,50-47-,58-55-. The fourth-order valence-electron chi connectivity index (χ4n) is 7.59. The maximum Gasteiger partial charge on any atom is 0.306 e. The highest BCUT2D eigenvalue weighted by Crippen LogP contribution is 2.12. The zero-order valence-electron chi connectivity index (χ0n) is 49.6. The molecule has 0 radical (unpaired) electrons. The van der Waals surface area contributed by atoms with Crippen LogP contribution in [0.2, 0.25) is 0 Å². The van der Waals surface area contributed by atoms with E-state index in [2.05, 4.69) is 191 Å². The van der Waals surface area contributed by atoms with Crippen molar-refractivity contribution in [2.75, 3.05) is 13.2 Å². The van der Waals surface area contributed by atoms with Gasteiger partial charge in [-0.2, -0.15) is 0 Å². The zero-order valence-corrected chi connectivity index (χ0v) is 49.6. The van der Waals surface area contributed by atoms with Crippen molar-refractivity contribution >= 4 is 17.9 Å². The molecule has 0 bridgehead atoms. The monoisotopic (exact) mass is 1070 g/mol. The number of hydrogen-bond acceptors (Lipinski definition) is 6. The van der Waals surface area contributed by atoms with Gasteiger partial charge in [-0.25, -0.2) is 0 Å². The Kier molecular flexibility index (Phi) is 59.5. The van der Waals surface area contributed by atoms with Gasteiger partial charge in [0.1, 0.15) is 13.2 Å². The van der Waals surface area contributed by atoms with E-state index in [0.717, 1.165) is 154 Å². The Bertz CT molecular complexity index is 1850. The first-order valence-electron chi connectivity index (χ1n) is 30.8. The van der Waals surface area contributed by atoms with Gasteiger partial charge < -0.3 is 14.2 Å². The van der Waals surface area contributed by atoms with Gasteiger partial charge in [0.15, 0.2) is 6.10 Å². The lowest BCUT2D eigenvalue weighted by atomic mass is 10.1. The van der Waals surface area contributed by atoms with Crippen LogP contribution in [0.4, 0.5) is 0 Å². The van der Waals surface area contributed by atoms with Crippen LogP contribution in [0.3, 0.4) is 0 Å². The highest BCUT2D eigenvalue weighted by molar-refractivity contribution is 5.71. The Morgan fingerprint density at radius 3 is 0.872 bits per heavy atom. The SMILES string of the molecule is CC/C=C\C/C=C\C/C=C\C/C=C\C/C=C\C/C=C\C/C=C\C/C=C\C/C=C\CCCCCC(=O)OCC(COC(=O)CC/C=C\C/C=C\C/C=C\C/C=C\CC)OC(=O)CCCCCCC/C=C\C/C=C\CCCCCC. The normalized spacial score (nSPS) is 13.4. The van der Waals surface area contributed by atoms with Gasteiger partial charge >= 0.3 is 17.9 Å². The quantitative estimate of drug-likeness (QED) is 0.0261. The maximum absolute atomic E-state index is 12.9. The van der Waals surface area contributed by atoms with Crippen molar-refractivity contribution in [1.82, 2.24) is 0 Å². The Labute approximate surface area is 478 Å². The predicted molar refractivity (Wildman–Crippen MR) is 338 cm³/mol. The summed E-state index contributed by atoms with van der Waals surface area (Å²) in [5.74, 6) is -1.07. The van der Waals surface area contributed by atoms with Gasteiger partial charge in [0.2, 0.25) is 0 Å². The lowest BCUT2D eigenvalue weighted by Gasteiger charge is -2.18. The van der Waals surface area contributed by atoms with Crippen molar-refractivity contribution in [1.29, 1.82) is 0 Å². The fourth-order valence-corrected chi connectivity index (χ4v) is 7.59. The van der Waals surface area contributed by atoms with Crippen LogP contribution in [0, 0.1) is 0 Å². The fraction of sp³-hybridized carbons (Fsp3) is 0.542. The summed E-state index contributed by atoms with van der Waals surface area (Å²) in [5.41, 5.74) is 0. The number of esters is 3. The summed E-state index contributed by atoms with van der Waals surface area (Å²) in [4.78, 5) is 38.2. The number of ether oxygens (including phenoxy) is 3. The molecule has 0 amide bonds. The molecular formula is C72H110O6. The van der Waals surface area contributed by atoms with Gasteiger partial charge in [0.25, 0.3) is 0 Å². The molecule has 78 heavy (non-hydrogen) atoms. The van der Waals surface area contributed by atoms with E-state index in [-0.39, 0.29) is 44.0 Å². The topological polar surface area (TPSA) is 78.9 Å². The average Bonchev–Trinajstić information content (AvgIpc) is 3.44. The van der Waals surface area contributed by atoms with Crippen LogP contribution in [0.5, 0.6) is 0 Å². The van der Waals surface area contributed by atoms with Crippen molar-refractivity contribution in [2.45, 2.75) is 239 Å². The Morgan fingerprint density at radius 1 is 0.269 bits per heavy atom. The third-order valence-corrected chi connectivity index (χ3v) is 12.1. The molecule has 0 rings (SSSR count). The molecule has 0 aliphatic heterocycles. The van der Waals surface area contributed by atoms with Gasteiger partial charge in [-0.15, -0.1) is 0 Å². The molecular weight excluding hydrogens is 961 g/mol. The predicted octanol–water partition coefficient (Wildman–Crippen LogP) is 21.3. The zero-order chi connectivity index (χ0) is 56.4. The average molecular weight is 1070 g/mol. The van der Waals surface area contributed by atoms with Crippen molar-refractivity contribution < 1.29 is 28.6 Å². The van der Waals surface area contributed by atoms with Crippen LogP contribution >= 0.6 is 0 Å². The van der Waals surface area contributed by atoms with Gasteiger partial charge in [-0.3, -0.25) is 14.4 Å². The van der Waals surface area contributed by atoms with Crippen LogP contribution in [0.25, 0.3) is 0 Å². The van der Waals surface area contributed by atoms with Crippen molar-refractivity contribution in [3.8, 4) is 0 Å². The molecule has 6 nitrogen and oxygen atoms in total. The molecule has 0 aromatic heterocycles. The molecule has 6 heteroatoms. The molecule has 0 aromatic carbocycles. The number of hydrogen-bond donors (Lipinski definition) is 0. The summed E-state index contributed by atoms with van der Waals surface area (Å²) in [6.45, 7) is 6.27. The smallest absolute Gasteiger partial charge is 0.306 e. The van der Waals surface area contributed by atoms with Crippen molar-refractivity contribution in [3.05, 3.63) is 182 Å². The Morgan fingerprint density at radius 2 is 0.526 bits per heavy atom. The molecule has 0 N–H and O–H groups in total. The van der Waals surface area contributed by atoms with E-state index in [0.29, 0.717) is 12.8 Å². The number of allylic oxidation sites excluding steroid dienone is 30. The number of carbonyl (C=O) groups excluding carboxylic acids is 3. The molecule has 0 spiro atoms. The molecule has 0 aliphatic rings. The van der Waals surface area contributed by atoms with E-state index in [1.54, 1.807) is 0 Å². The number of carbonyl (C=O) groups is 3. The second-order valence-corrected chi connectivity index (χ2v) is 19.5. The molecule has 434 valence electrons. The third kappa shape index (κ3) is 61.4. The van der Waals surface area contributed by atoms with E-state index >= 15 is 0 Å². The van der Waals surface area contributed by atoms with Crippen LogP contribution in [-0.4, -0.2) is 37.2 Å². The molecule has 0 heterocycles. The molecule has 1 atom stereocenters. The molecule has 0 aromatic rings. The molecule has 0 fully saturated rings. The Balaban J connectivity index is 4.47. The highest BCUT2D eigenvalue weighted by Gasteiger charge is 2.19. The number of unbranched alkanes of at least 4 members (excludes halogenated alkanes) is 12. The van der Waals surface area contributed by atoms with Gasteiger partial charge in [0.05, 0.1) is 0 Å². The van der Waals surface area contributed by atoms with Crippen molar-refractivity contribution in [3.63, 3.8) is 0 Å². The second-order valence-electron chi connectivity index (χ2n) is 19.5. The first-order valence-corrected chi connectivity index (χ1v) is 30.8. The largest absolute Gasteiger partial charge is 0.462 e. The van der Waals surface area contributed by atoms with E-state index in [1.807, 2.05) is 12.2 Å². The van der Waals surface area contributed by atoms with Gasteiger partial charge in [0, 0.05) is 19.3 Å². The summed E-state index contributed by atoms with van der Waals surface area (Å²) >= 11 is 0. The summed E-state index contributed by atoms with van der Waals surface area (Å²) < 4.78 is 16.8. The minimum atomic E-state index is -0.839. The first kappa shape index (κ1) is 72.5. The Hall–Kier alpha value is -5.49. The van der Waals surface area contributed by atoms with Crippen LogP contribution in [0.15, 0.2) is 182 Å². The lowest BCUT2D eigenvalue weighted by molar-refractivity contribution is -0.166. The van der Waals surface area contributed by atoms with E-state index in [1.165, 1.54) is 32.1 Å². The molecule has 0 saturated heterocycles. The van der Waals surface area contributed by atoms with E-state index in [9.17, 15) is 14.4 Å². The van der Waals surface area contributed by atoms with Crippen LogP contribution in [0.1, 0.15) is 233 Å². The summed E-state index contributed by atoms with van der Waals surface area (Å²) in [7, 11) is 0. The lowest BCUT2D eigenvalue weighted by Crippen LogP contribution is -2.30. The number of rotatable bonds is 53. The third-order valence-electron chi connectivity index (χ3n) is 12.1. The molecule has 0 saturated carbocycles. The van der Waals surface area contributed by atoms with Crippen molar-refractivity contribution in [2.24, 2.45) is 0 Å². The van der Waals surface area contributed by atoms with Crippen LogP contribution < -0.4 is 0 Å². The van der Waals surface area contributed by atoms with Gasteiger partial charge in [-0.05, 0) is 148 Å². The maximum atomic E-state index is 12.9. The second kappa shape index (κ2) is 64.0. The minimum absolute atomic E-state index is 0.132.